The van der Waals surface area contributed by atoms with E-state index in [0.717, 1.165) is 22.2 Å². The van der Waals surface area contributed by atoms with Crippen LogP contribution in [0.2, 0.25) is 22.2 Å². The van der Waals surface area contributed by atoms with Crippen molar-refractivity contribution in [2.24, 2.45) is 23.7 Å². The molecule has 0 aromatic carbocycles. The molecule has 37 heavy (non-hydrogen) atoms. The summed E-state index contributed by atoms with van der Waals surface area (Å²) in [5.41, 5.74) is 10.5. The average molecular weight is 521 g/mol. The Morgan fingerprint density at radius 3 is 1.24 bits per heavy atom. The van der Waals surface area contributed by atoms with Crippen molar-refractivity contribution in [3.63, 3.8) is 0 Å². The Balaban J connectivity index is 1.98. The summed E-state index contributed by atoms with van der Waals surface area (Å²) in [6, 6.07) is 0. The van der Waals surface area contributed by atoms with E-state index < -0.39 is 8.07 Å². The van der Waals surface area contributed by atoms with Gasteiger partial charge in [-0.25, -0.2) is 0 Å². The first-order chi connectivity index (χ1) is 17.7. The van der Waals surface area contributed by atoms with Gasteiger partial charge in [0.1, 0.15) is 0 Å². The third-order valence-electron chi connectivity index (χ3n) is 11.5. The van der Waals surface area contributed by atoms with Crippen LogP contribution in [-0.2, 0) is 0 Å². The van der Waals surface area contributed by atoms with Crippen molar-refractivity contribution in [1.82, 2.24) is 0 Å². The number of hydrogen-bond donors (Lipinski definition) is 0. The molecule has 4 rings (SSSR count). The van der Waals surface area contributed by atoms with Gasteiger partial charge in [0.05, 0.1) is 8.07 Å². The zero-order valence-corrected chi connectivity index (χ0v) is 26.9. The molecule has 4 atom stereocenters. The van der Waals surface area contributed by atoms with Gasteiger partial charge in [-0.2, -0.15) is 0 Å². The lowest BCUT2D eigenvalue weighted by molar-refractivity contribution is 0.441. The van der Waals surface area contributed by atoms with Gasteiger partial charge in [0.2, 0.25) is 0 Å². The Labute approximate surface area is 232 Å². The smallest absolute Gasteiger partial charge is 0.0765 e. The fraction of sp³-hybridized carbons (Fsp3) is 0.778. The van der Waals surface area contributed by atoms with Crippen LogP contribution in [0, 0.1) is 23.7 Å². The standard InChI is InChI=1S/C36H60Si/c1-9-27(7)29-21-33(25(3)4)35(23-29)37(31-17-13-11-14-18-31,32-19-15-12-16-20-32)36-24-30(28(8)10-2)22-34(36)26(5)6/h21-28,31-32,35-36H,9-20H2,1-8H3. The lowest BCUT2D eigenvalue weighted by Gasteiger charge is -2.56. The molecule has 4 unspecified atom stereocenters. The van der Waals surface area contributed by atoms with E-state index in [9.17, 15) is 0 Å². The van der Waals surface area contributed by atoms with E-state index in [1.54, 1.807) is 11.1 Å². The Kier molecular flexibility index (Phi) is 9.91. The maximum Gasteiger partial charge on any atom is 0.0826 e. The van der Waals surface area contributed by atoms with E-state index in [1.807, 2.05) is 11.1 Å². The van der Waals surface area contributed by atoms with Gasteiger partial charge in [0.25, 0.3) is 0 Å². The Hall–Kier alpha value is -0.823. The van der Waals surface area contributed by atoms with Gasteiger partial charge >= 0.3 is 0 Å². The highest BCUT2D eigenvalue weighted by Crippen LogP contribution is 2.66. The van der Waals surface area contributed by atoms with E-state index in [2.05, 4.69) is 79.7 Å². The van der Waals surface area contributed by atoms with E-state index in [-0.39, 0.29) is 0 Å². The molecule has 1 heteroatoms. The molecule has 0 amide bonds. The van der Waals surface area contributed by atoms with Crippen molar-refractivity contribution < 1.29 is 0 Å². The first-order valence-electron chi connectivity index (χ1n) is 16.6. The first-order valence-corrected chi connectivity index (χ1v) is 18.9. The van der Waals surface area contributed by atoms with Gasteiger partial charge in [0.15, 0.2) is 0 Å². The zero-order chi connectivity index (χ0) is 26.7. The summed E-state index contributed by atoms with van der Waals surface area (Å²) >= 11 is 0. The van der Waals surface area contributed by atoms with Crippen LogP contribution < -0.4 is 0 Å². The first kappa shape index (κ1) is 29.2. The van der Waals surface area contributed by atoms with Crippen LogP contribution in [0.25, 0.3) is 0 Å². The maximum atomic E-state index is 2.92. The van der Waals surface area contributed by atoms with Crippen LogP contribution in [-0.4, -0.2) is 8.07 Å². The van der Waals surface area contributed by atoms with E-state index in [4.69, 9.17) is 0 Å². The van der Waals surface area contributed by atoms with E-state index in [0.29, 0.717) is 23.7 Å². The average Bonchev–Trinajstić information content (AvgIpc) is 3.56. The van der Waals surface area contributed by atoms with Gasteiger partial charge in [-0.3, -0.25) is 0 Å². The molecule has 0 nitrogen and oxygen atoms in total. The molecular formula is C36H60Si. The molecule has 0 aromatic rings. The summed E-state index contributed by atoms with van der Waals surface area (Å²) in [5, 5.41) is 0. The van der Waals surface area contributed by atoms with Gasteiger partial charge < -0.3 is 0 Å². The highest BCUT2D eigenvalue weighted by atomic mass is 28.3. The van der Waals surface area contributed by atoms with Crippen LogP contribution in [0.3, 0.4) is 0 Å². The summed E-state index contributed by atoms with van der Waals surface area (Å²) in [7, 11) is -1.87. The Bertz CT molecular complexity index is 810. The van der Waals surface area contributed by atoms with Crippen LogP contribution in [0.15, 0.2) is 46.6 Å². The summed E-state index contributed by atoms with van der Waals surface area (Å²) in [6.07, 6.45) is 28.8. The Morgan fingerprint density at radius 2 is 0.946 bits per heavy atom. The molecule has 0 heterocycles. The van der Waals surface area contributed by atoms with E-state index in [1.165, 1.54) is 77.0 Å². The molecule has 0 aromatic heterocycles. The molecule has 0 aliphatic heterocycles. The second-order valence-electron chi connectivity index (χ2n) is 14.2. The molecule has 4 aliphatic carbocycles. The highest BCUT2D eigenvalue weighted by Gasteiger charge is 2.59. The third kappa shape index (κ3) is 5.60. The normalized spacial score (nSPS) is 27.8. The molecule has 2 saturated carbocycles. The lowest BCUT2D eigenvalue weighted by Crippen LogP contribution is -2.54. The van der Waals surface area contributed by atoms with Gasteiger partial charge in [-0.05, 0) is 69.8 Å². The molecule has 4 aliphatic rings. The summed E-state index contributed by atoms with van der Waals surface area (Å²) in [6.45, 7) is 19.8. The van der Waals surface area contributed by atoms with Gasteiger partial charge in [-0.15, -0.1) is 0 Å². The lowest BCUT2D eigenvalue weighted by atomic mass is 9.98. The quantitative estimate of drug-likeness (QED) is 0.251. The summed E-state index contributed by atoms with van der Waals surface area (Å²) in [4.78, 5) is 0. The predicted octanol–water partition coefficient (Wildman–Crippen LogP) is 12.0. The molecule has 0 spiro atoms. The second kappa shape index (κ2) is 12.6. The van der Waals surface area contributed by atoms with Crippen LogP contribution in [0.5, 0.6) is 0 Å². The van der Waals surface area contributed by atoms with Crippen molar-refractivity contribution in [2.45, 2.75) is 155 Å². The third-order valence-corrected chi connectivity index (χ3v) is 18.6. The summed E-state index contributed by atoms with van der Waals surface area (Å²) < 4.78 is 0. The van der Waals surface area contributed by atoms with Crippen molar-refractivity contribution in [3.8, 4) is 0 Å². The molecule has 0 saturated heterocycles. The molecule has 208 valence electrons. The van der Waals surface area contributed by atoms with Crippen molar-refractivity contribution in [1.29, 1.82) is 0 Å². The highest BCUT2D eigenvalue weighted by molar-refractivity contribution is 6.87. The van der Waals surface area contributed by atoms with Crippen molar-refractivity contribution >= 4 is 8.07 Å². The minimum Gasteiger partial charge on any atom is -0.0765 e. The molecule has 0 N–H and O–H groups in total. The van der Waals surface area contributed by atoms with Crippen LogP contribution in [0.1, 0.15) is 132 Å². The van der Waals surface area contributed by atoms with Crippen LogP contribution >= 0.6 is 0 Å². The molecule has 0 radical (unpaired) electrons. The number of hydrogen-bond acceptors (Lipinski definition) is 0. The molecule has 2 fully saturated rings. The summed E-state index contributed by atoms with van der Waals surface area (Å²) in [5.74, 6) is 2.71. The van der Waals surface area contributed by atoms with E-state index >= 15 is 0 Å². The zero-order valence-electron chi connectivity index (χ0n) is 25.9. The maximum absolute atomic E-state index is 2.92. The second-order valence-corrected chi connectivity index (χ2v) is 19.1. The molecular weight excluding hydrogens is 460 g/mol. The van der Waals surface area contributed by atoms with Gasteiger partial charge in [0, 0.05) is 0 Å². The van der Waals surface area contributed by atoms with Gasteiger partial charge in [-0.1, -0.05) is 155 Å². The predicted molar refractivity (Wildman–Crippen MR) is 168 cm³/mol. The minimum atomic E-state index is -1.87. The molecule has 0 bridgehead atoms. The topological polar surface area (TPSA) is 0 Å². The van der Waals surface area contributed by atoms with Crippen molar-refractivity contribution in [3.05, 3.63) is 46.6 Å². The minimum absolute atomic E-state index is 0.660. The fourth-order valence-corrected chi connectivity index (χ4v) is 17.8. The fourth-order valence-electron chi connectivity index (χ4n) is 8.99. The van der Waals surface area contributed by atoms with Crippen molar-refractivity contribution in [2.75, 3.05) is 0 Å². The number of rotatable bonds is 10. The Morgan fingerprint density at radius 1 is 0.595 bits per heavy atom. The number of allylic oxidation sites excluding steroid dienone is 8. The SMILES string of the molecule is CCC(C)C1=CC([Si](C2CCCCC2)(C2CCCCC2)C2C=C(C(C)CC)C=C2C(C)C)C(C(C)C)=C1. The largest absolute Gasteiger partial charge is 0.0826 e. The monoisotopic (exact) mass is 520 g/mol. The van der Waals surface area contributed by atoms with Crippen LogP contribution in [0.4, 0.5) is 0 Å².